The van der Waals surface area contributed by atoms with Crippen molar-refractivity contribution in [3.05, 3.63) is 65.2 Å². The largest absolute Gasteiger partial charge is 0.497 e. The predicted molar refractivity (Wildman–Crippen MR) is 85.3 cm³/mol. The van der Waals surface area contributed by atoms with Gasteiger partial charge in [-0.25, -0.2) is 8.78 Å². The van der Waals surface area contributed by atoms with Gasteiger partial charge in [-0.2, -0.15) is 0 Å². The number of aliphatic hydroxyl groups excluding tert-OH is 1. The highest BCUT2D eigenvalue weighted by atomic mass is 19.1. The SMILES string of the molecule is COc1ccc(C(C)NC(C)C(O)c2ccc(F)cc2)c(F)c1. The number of nitrogens with one attached hydrogen (secondary N) is 1. The molecule has 124 valence electrons. The Morgan fingerprint density at radius 2 is 1.70 bits per heavy atom. The van der Waals surface area contributed by atoms with Crippen LogP contribution in [0.2, 0.25) is 0 Å². The summed E-state index contributed by atoms with van der Waals surface area (Å²) in [6.45, 7) is 3.62. The second-order valence-corrected chi connectivity index (χ2v) is 5.56. The fraction of sp³-hybridized carbons (Fsp3) is 0.333. The van der Waals surface area contributed by atoms with Crippen LogP contribution in [0.5, 0.6) is 5.75 Å². The maximum absolute atomic E-state index is 14.1. The third kappa shape index (κ3) is 4.27. The summed E-state index contributed by atoms with van der Waals surface area (Å²) in [7, 11) is 1.48. The molecule has 0 amide bonds. The van der Waals surface area contributed by atoms with E-state index in [0.717, 1.165) is 0 Å². The fourth-order valence-electron chi connectivity index (χ4n) is 2.51. The zero-order valence-corrected chi connectivity index (χ0v) is 13.4. The molecular formula is C18H21F2NO2. The molecule has 0 saturated carbocycles. The zero-order valence-electron chi connectivity index (χ0n) is 13.4. The van der Waals surface area contributed by atoms with Gasteiger partial charge in [0.15, 0.2) is 0 Å². The maximum Gasteiger partial charge on any atom is 0.131 e. The van der Waals surface area contributed by atoms with Crippen molar-refractivity contribution in [2.45, 2.75) is 32.0 Å². The van der Waals surface area contributed by atoms with Gasteiger partial charge >= 0.3 is 0 Å². The molecule has 2 N–H and O–H groups in total. The molecular weight excluding hydrogens is 300 g/mol. The minimum Gasteiger partial charge on any atom is -0.497 e. The molecule has 3 nitrogen and oxygen atoms in total. The van der Waals surface area contributed by atoms with Crippen molar-refractivity contribution in [3.63, 3.8) is 0 Å². The van der Waals surface area contributed by atoms with Gasteiger partial charge in [0.1, 0.15) is 17.4 Å². The summed E-state index contributed by atoms with van der Waals surface area (Å²) < 4.78 is 32.0. The molecule has 2 aromatic rings. The number of rotatable bonds is 6. The smallest absolute Gasteiger partial charge is 0.131 e. The van der Waals surface area contributed by atoms with Crippen molar-refractivity contribution in [3.8, 4) is 5.75 Å². The summed E-state index contributed by atoms with van der Waals surface area (Å²) in [5, 5.41) is 13.5. The van der Waals surface area contributed by atoms with E-state index >= 15 is 0 Å². The van der Waals surface area contributed by atoms with Gasteiger partial charge in [-0.05, 0) is 37.6 Å². The molecule has 5 heteroatoms. The molecule has 23 heavy (non-hydrogen) atoms. The lowest BCUT2D eigenvalue weighted by Gasteiger charge is -2.25. The normalized spacial score (nSPS) is 15.0. The summed E-state index contributed by atoms with van der Waals surface area (Å²) in [5.74, 6) is -0.263. The first-order valence-corrected chi connectivity index (χ1v) is 7.45. The third-order valence-electron chi connectivity index (χ3n) is 3.87. The van der Waals surface area contributed by atoms with E-state index in [9.17, 15) is 13.9 Å². The molecule has 0 aliphatic rings. The Morgan fingerprint density at radius 1 is 1.04 bits per heavy atom. The lowest BCUT2D eigenvalue weighted by atomic mass is 10.0. The first kappa shape index (κ1) is 17.4. The van der Waals surface area contributed by atoms with E-state index in [0.29, 0.717) is 16.9 Å². The van der Waals surface area contributed by atoms with Crippen molar-refractivity contribution >= 4 is 0 Å². The van der Waals surface area contributed by atoms with Crippen LogP contribution >= 0.6 is 0 Å². The van der Waals surface area contributed by atoms with Gasteiger partial charge in [-0.1, -0.05) is 18.2 Å². The first-order chi connectivity index (χ1) is 10.9. The number of hydrogen-bond donors (Lipinski definition) is 2. The van der Waals surface area contributed by atoms with Gasteiger partial charge in [0.05, 0.1) is 13.2 Å². The van der Waals surface area contributed by atoms with Gasteiger partial charge in [-0.15, -0.1) is 0 Å². The number of halogens is 2. The number of hydrogen-bond acceptors (Lipinski definition) is 3. The van der Waals surface area contributed by atoms with Gasteiger partial charge in [0.25, 0.3) is 0 Å². The van der Waals surface area contributed by atoms with Crippen LogP contribution < -0.4 is 10.1 Å². The zero-order chi connectivity index (χ0) is 17.0. The molecule has 0 radical (unpaired) electrons. The Morgan fingerprint density at radius 3 is 2.26 bits per heavy atom. The lowest BCUT2D eigenvalue weighted by Crippen LogP contribution is -2.34. The summed E-state index contributed by atoms with van der Waals surface area (Å²) in [5.41, 5.74) is 1.10. The fourth-order valence-corrected chi connectivity index (χ4v) is 2.51. The van der Waals surface area contributed by atoms with Crippen LogP contribution in [0.25, 0.3) is 0 Å². The molecule has 3 unspecified atom stereocenters. The first-order valence-electron chi connectivity index (χ1n) is 7.45. The molecule has 0 spiro atoms. The van der Waals surface area contributed by atoms with Crippen LogP contribution in [0.15, 0.2) is 42.5 Å². The molecule has 3 atom stereocenters. The van der Waals surface area contributed by atoms with E-state index in [2.05, 4.69) is 5.32 Å². The van der Waals surface area contributed by atoms with E-state index < -0.39 is 6.10 Å². The standard InChI is InChI=1S/C18H21F2NO2/c1-11(16-9-8-15(23-3)10-17(16)20)21-12(2)18(22)13-4-6-14(19)7-5-13/h4-12,18,21-22H,1-3H3. The number of ether oxygens (including phenoxy) is 1. The topological polar surface area (TPSA) is 41.5 Å². The van der Waals surface area contributed by atoms with Crippen molar-refractivity contribution in [2.75, 3.05) is 7.11 Å². The average Bonchev–Trinajstić information content (AvgIpc) is 2.54. The van der Waals surface area contributed by atoms with Crippen molar-refractivity contribution < 1.29 is 18.6 Å². The molecule has 0 bridgehead atoms. The van der Waals surface area contributed by atoms with Gasteiger partial charge < -0.3 is 15.2 Å². The van der Waals surface area contributed by atoms with E-state index in [1.165, 1.54) is 37.4 Å². The monoisotopic (exact) mass is 321 g/mol. The van der Waals surface area contributed by atoms with E-state index in [1.54, 1.807) is 19.1 Å². The van der Waals surface area contributed by atoms with Crippen molar-refractivity contribution in [2.24, 2.45) is 0 Å². The summed E-state index contributed by atoms with van der Waals surface area (Å²) in [6.07, 6.45) is -0.820. The maximum atomic E-state index is 14.1. The number of aliphatic hydroxyl groups is 1. The highest BCUT2D eigenvalue weighted by Crippen LogP contribution is 2.24. The molecule has 0 aromatic heterocycles. The minimum absolute atomic E-state index is 0.300. The number of benzene rings is 2. The Balaban J connectivity index is 2.06. The summed E-state index contributed by atoms with van der Waals surface area (Å²) >= 11 is 0. The second-order valence-electron chi connectivity index (χ2n) is 5.56. The molecule has 0 aliphatic heterocycles. The summed E-state index contributed by atoms with van der Waals surface area (Å²) in [6, 6.07) is 9.72. The summed E-state index contributed by atoms with van der Waals surface area (Å²) in [4.78, 5) is 0. The molecule has 0 fully saturated rings. The molecule has 0 heterocycles. The minimum atomic E-state index is -0.820. The highest BCUT2D eigenvalue weighted by Gasteiger charge is 2.20. The van der Waals surface area contributed by atoms with Crippen LogP contribution in [0.1, 0.15) is 37.1 Å². The van der Waals surface area contributed by atoms with Crippen molar-refractivity contribution in [1.82, 2.24) is 5.32 Å². The third-order valence-corrected chi connectivity index (χ3v) is 3.87. The van der Waals surface area contributed by atoms with Crippen LogP contribution in [0.3, 0.4) is 0 Å². The quantitative estimate of drug-likeness (QED) is 0.851. The molecule has 2 rings (SSSR count). The predicted octanol–water partition coefficient (Wildman–Crippen LogP) is 3.75. The van der Waals surface area contributed by atoms with Crippen LogP contribution in [0.4, 0.5) is 8.78 Å². The van der Waals surface area contributed by atoms with Gasteiger partial charge in [-0.3, -0.25) is 0 Å². The van der Waals surface area contributed by atoms with Gasteiger partial charge in [0, 0.05) is 23.7 Å². The molecule has 2 aromatic carbocycles. The van der Waals surface area contributed by atoms with Crippen LogP contribution in [-0.2, 0) is 0 Å². The number of methoxy groups -OCH3 is 1. The Bertz CT molecular complexity index is 646. The Labute approximate surface area is 134 Å². The van der Waals surface area contributed by atoms with E-state index in [4.69, 9.17) is 4.74 Å². The highest BCUT2D eigenvalue weighted by molar-refractivity contribution is 5.30. The second kappa shape index (κ2) is 7.53. The molecule has 0 aliphatic carbocycles. The lowest BCUT2D eigenvalue weighted by molar-refractivity contribution is 0.130. The van der Waals surface area contributed by atoms with E-state index in [1.807, 2.05) is 6.92 Å². The van der Waals surface area contributed by atoms with Gasteiger partial charge in [0.2, 0.25) is 0 Å². The van der Waals surface area contributed by atoms with E-state index in [-0.39, 0.29) is 23.7 Å². The van der Waals surface area contributed by atoms with Crippen LogP contribution in [0, 0.1) is 11.6 Å². The Hall–Kier alpha value is -1.98. The van der Waals surface area contributed by atoms with Crippen LogP contribution in [-0.4, -0.2) is 18.3 Å². The Kier molecular flexibility index (Phi) is 5.69. The average molecular weight is 321 g/mol. The molecule has 0 saturated heterocycles. The van der Waals surface area contributed by atoms with Crippen molar-refractivity contribution in [1.29, 1.82) is 0 Å².